The molecule has 4 rings (SSSR count). The van der Waals surface area contributed by atoms with Gasteiger partial charge in [-0.05, 0) is 41.8 Å². The Morgan fingerprint density at radius 1 is 1.00 bits per heavy atom. The molecule has 5 N–H and O–H groups in total. The van der Waals surface area contributed by atoms with Crippen molar-refractivity contribution in [1.82, 2.24) is 25.3 Å². The van der Waals surface area contributed by atoms with E-state index in [1.54, 1.807) is 24.4 Å². The van der Waals surface area contributed by atoms with Crippen molar-refractivity contribution in [2.45, 2.75) is 17.7 Å². The van der Waals surface area contributed by atoms with Crippen molar-refractivity contribution < 1.29 is 18.0 Å². The molecule has 0 radical (unpaired) electrons. The van der Waals surface area contributed by atoms with Gasteiger partial charge in [0.25, 0.3) is 0 Å². The number of carbonyl (C=O) groups excluding carboxylic acids is 2. The van der Waals surface area contributed by atoms with Crippen LogP contribution in [0.5, 0.6) is 0 Å². The number of amides is 2. The molecular formula is C24H29N7O4S. The standard InChI is InChI=1S/C24H29N7O4S/c25-24-28-10-7-21(30-24)31-13-8-18(9-14-31)23(33)27-12-11-26-22(32)16-29-36(34,35)20-6-5-17-3-1-2-4-19(17)15-20/h1-7,10,15,18,29H,8-9,11-14,16H2,(H,26,32)(H,27,33)(H2,25,28,30). The molecule has 0 spiro atoms. The van der Waals surface area contributed by atoms with E-state index >= 15 is 0 Å². The van der Waals surface area contributed by atoms with Gasteiger partial charge in [-0.2, -0.15) is 4.98 Å². The molecule has 3 aromatic rings. The van der Waals surface area contributed by atoms with Crippen LogP contribution in [0.25, 0.3) is 10.8 Å². The Kier molecular flexibility index (Phi) is 7.96. The third kappa shape index (κ3) is 6.46. The second-order valence-corrected chi connectivity index (χ2v) is 10.3. The Balaban J connectivity index is 1.15. The number of nitrogen functional groups attached to an aromatic ring is 1. The number of carbonyl (C=O) groups is 2. The van der Waals surface area contributed by atoms with Crippen molar-refractivity contribution in [3.8, 4) is 0 Å². The molecule has 1 aliphatic rings. The van der Waals surface area contributed by atoms with Gasteiger partial charge in [0, 0.05) is 38.3 Å². The summed E-state index contributed by atoms with van der Waals surface area (Å²) in [6.45, 7) is 1.42. The summed E-state index contributed by atoms with van der Waals surface area (Å²) < 4.78 is 27.4. The minimum absolute atomic E-state index is 0.0666. The van der Waals surface area contributed by atoms with Crippen LogP contribution >= 0.6 is 0 Å². The fourth-order valence-corrected chi connectivity index (χ4v) is 5.10. The number of hydrogen-bond acceptors (Lipinski definition) is 8. The summed E-state index contributed by atoms with van der Waals surface area (Å²) in [7, 11) is -3.83. The summed E-state index contributed by atoms with van der Waals surface area (Å²) in [6.07, 6.45) is 2.97. The van der Waals surface area contributed by atoms with E-state index in [1.165, 1.54) is 6.07 Å². The van der Waals surface area contributed by atoms with Crippen molar-refractivity contribution in [2.75, 3.05) is 43.4 Å². The lowest BCUT2D eigenvalue weighted by molar-refractivity contribution is -0.126. The zero-order valence-electron chi connectivity index (χ0n) is 19.7. The van der Waals surface area contributed by atoms with Crippen molar-refractivity contribution in [2.24, 2.45) is 5.92 Å². The summed E-state index contributed by atoms with van der Waals surface area (Å²) in [5.74, 6) is 0.301. The number of nitrogens with zero attached hydrogens (tertiary/aromatic N) is 3. The zero-order chi connectivity index (χ0) is 25.5. The summed E-state index contributed by atoms with van der Waals surface area (Å²) in [6, 6.07) is 14.0. The fourth-order valence-electron chi connectivity index (χ4n) is 4.08. The molecule has 0 saturated carbocycles. The number of rotatable bonds is 9. The molecular weight excluding hydrogens is 482 g/mol. The van der Waals surface area contributed by atoms with Crippen LogP contribution in [-0.4, -0.2) is 62.9 Å². The highest BCUT2D eigenvalue weighted by Crippen LogP contribution is 2.22. The molecule has 190 valence electrons. The third-order valence-corrected chi connectivity index (χ3v) is 7.45. The van der Waals surface area contributed by atoms with Crippen LogP contribution in [0.15, 0.2) is 59.6 Å². The van der Waals surface area contributed by atoms with Gasteiger partial charge in [0.2, 0.25) is 27.8 Å². The summed E-state index contributed by atoms with van der Waals surface area (Å²) >= 11 is 0. The smallest absolute Gasteiger partial charge is 0.241 e. The molecule has 0 aliphatic carbocycles. The second kappa shape index (κ2) is 11.3. The topological polar surface area (TPSA) is 159 Å². The van der Waals surface area contributed by atoms with Crippen molar-refractivity contribution in [3.05, 3.63) is 54.7 Å². The maximum Gasteiger partial charge on any atom is 0.241 e. The molecule has 1 fully saturated rings. The number of fused-ring (bicyclic) bond motifs is 1. The largest absolute Gasteiger partial charge is 0.368 e. The van der Waals surface area contributed by atoms with E-state index in [-0.39, 0.29) is 35.8 Å². The van der Waals surface area contributed by atoms with Gasteiger partial charge >= 0.3 is 0 Å². The van der Waals surface area contributed by atoms with Crippen LogP contribution in [0.4, 0.5) is 11.8 Å². The molecule has 1 aromatic heterocycles. The van der Waals surface area contributed by atoms with Crippen molar-refractivity contribution in [1.29, 1.82) is 0 Å². The molecule has 11 nitrogen and oxygen atoms in total. The highest BCUT2D eigenvalue weighted by molar-refractivity contribution is 7.89. The minimum Gasteiger partial charge on any atom is -0.368 e. The lowest BCUT2D eigenvalue weighted by Crippen LogP contribution is -2.44. The molecule has 0 unspecified atom stereocenters. The third-order valence-electron chi connectivity index (χ3n) is 6.05. The Morgan fingerprint density at radius 2 is 1.72 bits per heavy atom. The van der Waals surface area contributed by atoms with Crippen LogP contribution < -0.4 is 26.0 Å². The first-order valence-electron chi connectivity index (χ1n) is 11.7. The molecule has 12 heteroatoms. The zero-order valence-corrected chi connectivity index (χ0v) is 20.5. The van der Waals surface area contributed by atoms with Crippen LogP contribution in [0, 0.1) is 5.92 Å². The molecule has 1 saturated heterocycles. The second-order valence-electron chi connectivity index (χ2n) is 8.51. The molecule has 0 bridgehead atoms. The lowest BCUT2D eigenvalue weighted by Gasteiger charge is -2.32. The Morgan fingerprint density at radius 3 is 2.47 bits per heavy atom. The van der Waals surface area contributed by atoms with E-state index < -0.39 is 22.5 Å². The van der Waals surface area contributed by atoms with E-state index in [2.05, 4.69) is 30.2 Å². The van der Waals surface area contributed by atoms with Gasteiger partial charge in [0.15, 0.2) is 0 Å². The van der Waals surface area contributed by atoms with Gasteiger partial charge in [0.05, 0.1) is 11.4 Å². The summed E-state index contributed by atoms with van der Waals surface area (Å²) in [5, 5.41) is 7.17. The van der Waals surface area contributed by atoms with E-state index in [0.29, 0.717) is 25.9 Å². The number of aromatic nitrogens is 2. The predicted molar refractivity (Wildman–Crippen MR) is 137 cm³/mol. The molecule has 2 heterocycles. The van der Waals surface area contributed by atoms with E-state index in [1.807, 2.05) is 24.3 Å². The van der Waals surface area contributed by atoms with Gasteiger partial charge in [-0.15, -0.1) is 0 Å². The quantitative estimate of drug-likeness (QED) is 0.305. The Labute approximate surface area is 209 Å². The van der Waals surface area contributed by atoms with Gasteiger partial charge in [-0.3, -0.25) is 9.59 Å². The van der Waals surface area contributed by atoms with Crippen LogP contribution in [-0.2, 0) is 19.6 Å². The monoisotopic (exact) mass is 511 g/mol. The normalized spacial score (nSPS) is 14.5. The first kappa shape index (κ1) is 25.3. The number of anilines is 2. The molecule has 2 aromatic carbocycles. The van der Waals surface area contributed by atoms with Crippen LogP contribution in [0.2, 0.25) is 0 Å². The number of piperidine rings is 1. The lowest BCUT2D eigenvalue weighted by atomic mass is 9.96. The maximum atomic E-state index is 12.5. The Hall–Kier alpha value is -3.77. The first-order valence-corrected chi connectivity index (χ1v) is 13.2. The Bertz CT molecular complexity index is 1340. The number of sulfonamides is 1. The average molecular weight is 512 g/mol. The molecule has 1 aliphatic heterocycles. The predicted octanol–water partition coefficient (Wildman–Crippen LogP) is 0.639. The van der Waals surface area contributed by atoms with Crippen LogP contribution in [0.1, 0.15) is 12.8 Å². The number of nitrogens with two attached hydrogens (primary N) is 1. The van der Waals surface area contributed by atoms with Gasteiger partial charge in [0.1, 0.15) is 5.82 Å². The maximum absolute atomic E-state index is 12.5. The highest BCUT2D eigenvalue weighted by atomic mass is 32.2. The molecule has 2 amide bonds. The van der Waals surface area contributed by atoms with Crippen LogP contribution in [0.3, 0.4) is 0 Å². The SMILES string of the molecule is Nc1nccc(N2CCC(C(=O)NCCNC(=O)CNS(=O)(=O)c3ccc4ccccc4c3)CC2)n1. The van der Waals surface area contributed by atoms with Crippen molar-refractivity contribution in [3.63, 3.8) is 0 Å². The van der Waals surface area contributed by atoms with Gasteiger partial charge in [-0.25, -0.2) is 18.1 Å². The number of hydrogen-bond donors (Lipinski definition) is 4. The fraction of sp³-hybridized carbons (Fsp3) is 0.333. The average Bonchev–Trinajstić information content (AvgIpc) is 2.89. The van der Waals surface area contributed by atoms with Gasteiger partial charge < -0.3 is 21.3 Å². The first-order chi connectivity index (χ1) is 17.3. The van der Waals surface area contributed by atoms with E-state index in [0.717, 1.165) is 16.6 Å². The van der Waals surface area contributed by atoms with E-state index in [4.69, 9.17) is 5.73 Å². The summed E-state index contributed by atoms with van der Waals surface area (Å²) in [5.41, 5.74) is 5.64. The molecule has 36 heavy (non-hydrogen) atoms. The van der Waals surface area contributed by atoms with Crippen molar-refractivity contribution >= 4 is 44.4 Å². The van der Waals surface area contributed by atoms with Gasteiger partial charge in [-0.1, -0.05) is 30.3 Å². The molecule has 0 atom stereocenters. The number of benzene rings is 2. The highest BCUT2D eigenvalue weighted by Gasteiger charge is 2.25. The van der Waals surface area contributed by atoms with E-state index in [9.17, 15) is 18.0 Å². The number of nitrogens with one attached hydrogen (secondary N) is 3. The minimum atomic E-state index is -3.83. The summed E-state index contributed by atoms with van der Waals surface area (Å²) in [4.78, 5) is 34.8.